The molecular weight excluding hydrogens is 178 g/mol. The zero-order valence-electron chi connectivity index (χ0n) is 6.80. The highest BCUT2D eigenvalue weighted by Crippen LogP contribution is 2.23. The van der Waals surface area contributed by atoms with Gasteiger partial charge in [0.25, 0.3) is 0 Å². The Kier molecular flexibility index (Phi) is 3.37. The van der Waals surface area contributed by atoms with Crippen LogP contribution in [0.1, 0.15) is 12.5 Å². The first-order valence-electron chi connectivity index (χ1n) is 3.64. The molecule has 0 aliphatic rings. The third-order valence-electron chi connectivity index (χ3n) is 1.67. The van der Waals surface area contributed by atoms with Crippen LogP contribution in [-0.4, -0.2) is 18.5 Å². The van der Waals surface area contributed by atoms with E-state index < -0.39 is 0 Å². The molecular formula is C8H12ClNS. The first kappa shape index (κ1) is 9.04. The van der Waals surface area contributed by atoms with E-state index in [-0.39, 0.29) is 0 Å². The van der Waals surface area contributed by atoms with Gasteiger partial charge in [-0.15, -0.1) is 11.3 Å². The molecule has 0 radical (unpaired) electrons. The van der Waals surface area contributed by atoms with Gasteiger partial charge in [-0.1, -0.05) is 18.5 Å². The first-order chi connectivity index (χ1) is 5.24. The molecule has 0 unspecified atom stereocenters. The lowest BCUT2D eigenvalue weighted by atomic mass is 10.3. The van der Waals surface area contributed by atoms with Crippen LogP contribution in [0.4, 0.5) is 0 Å². The number of halogens is 1. The summed E-state index contributed by atoms with van der Waals surface area (Å²) < 4.78 is 0.922. The van der Waals surface area contributed by atoms with Gasteiger partial charge in [0, 0.05) is 6.54 Å². The van der Waals surface area contributed by atoms with E-state index in [1.54, 1.807) is 11.3 Å². The smallest absolute Gasteiger partial charge is 0.0973 e. The fraction of sp³-hybridized carbons (Fsp3) is 0.500. The minimum absolute atomic E-state index is 0.922. The van der Waals surface area contributed by atoms with E-state index in [1.807, 2.05) is 5.38 Å². The van der Waals surface area contributed by atoms with Gasteiger partial charge in [-0.05, 0) is 30.6 Å². The molecule has 62 valence electrons. The van der Waals surface area contributed by atoms with E-state index in [1.165, 1.54) is 5.56 Å². The predicted octanol–water partition coefficient (Wildman–Crippen LogP) is 2.85. The molecule has 0 saturated carbocycles. The highest BCUT2D eigenvalue weighted by molar-refractivity contribution is 7.14. The Morgan fingerprint density at radius 2 is 2.36 bits per heavy atom. The molecule has 0 bridgehead atoms. The van der Waals surface area contributed by atoms with Gasteiger partial charge in [0.15, 0.2) is 0 Å². The third-order valence-corrected chi connectivity index (χ3v) is 2.92. The van der Waals surface area contributed by atoms with Gasteiger partial charge < -0.3 is 4.90 Å². The molecule has 0 amide bonds. The molecule has 11 heavy (non-hydrogen) atoms. The highest BCUT2D eigenvalue weighted by atomic mass is 35.5. The van der Waals surface area contributed by atoms with Crippen molar-refractivity contribution in [3.63, 3.8) is 0 Å². The van der Waals surface area contributed by atoms with Crippen LogP contribution in [0.15, 0.2) is 11.4 Å². The lowest BCUT2D eigenvalue weighted by Gasteiger charge is -2.12. The van der Waals surface area contributed by atoms with E-state index in [4.69, 9.17) is 11.6 Å². The largest absolute Gasteiger partial charge is 0.302 e. The summed E-state index contributed by atoms with van der Waals surface area (Å²) in [6, 6.07) is 2.08. The summed E-state index contributed by atoms with van der Waals surface area (Å²) in [5, 5.41) is 2.03. The Labute approximate surface area is 76.6 Å². The number of thiophene rings is 1. The number of hydrogen-bond donors (Lipinski definition) is 0. The van der Waals surface area contributed by atoms with E-state index in [0.717, 1.165) is 17.4 Å². The zero-order valence-corrected chi connectivity index (χ0v) is 8.37. The van der Waals surface area contributed by atoms with Crippen molar-refractivity contribution in [1.82, 2.24) is 4.90 Å². The summed E-state index contributed by atoms with van der Waals surface area (Å²) in [4.78, 5) is 2.23. The van der Waals surface area contributed by atoms with Gasteiger partial charge in [0.2, 0.25) is 0 Å². The molecule has 3 heteroatoms. The Bertz CT molecular complexity index is 222. The van der Waals surface area contributed by atoms with Crippen molar-refractivity contribution >= 4 is 22.9 Å². The normalized spacial score (nSPS) is 10.9. The molecule has 0 N–H and O–H groups in total. The van der Waals surface area contributed by atoms with Crippen LogP contribution in [0, 0.1) is 0 Å². The number of nitrogens with zero attached hydrogens (tertiary/aromatic N) is 1. The monoisotopic (exact) mass is 189 g/mol. The second-order valence-corrected chi connectivity index (χ2v) is 4.07. The Hall–Kier alpha value is -0.0500. The van der Waals surface area contributed by atoms with Crippen LogP contribution in [0.2, 0.25) is 4.34 Å². The lowest BCUT2D eigenvalue weighted by Crippen LogP contribution is -2.16. The zero-order chi connectivity index (χ0) is 8.27. The van der Waals surface area contributed by atoms with Crippen LogP contribution < -0.4 is 0 Å². The SMILES string of the molecule is CCN(C)Cc1ccsc1Cl. The summed E-state index contributed by atoms with van der Waals surface area (Å²) >= 11 is 7.53. The van der Waals surface area contributed by atoms with Crippen LogP contribution >= 0.6 is 22.9 Å². The maximum Gasteiger partial charge on any atom is 0.0973 e. The molecule has 1 nitrogen and oxygen atoms in total. The van der Waals surface area contributed by atoms with Crippen molar-refractivity contribution in [2.24, 2.45) is 0 Å². The van der Waals surface area contributed by atoms with Crippen LogP contribution in [0.5, 0.6) is 0 Å². The summed E-state index contributed by atoms with van der Waals surface area (Å²) in [5.41, 5.74) is 1.24. The molecule has 0 fully saturated rings. The maximum atomic E-state index is 5.93. The summed E-state index contributed by atoms with van der Waals surface area (Å²) in [5.74, 6) is 0. The standard InChI is InChI=1S/C8H12ClNS/c1-3-10(2)6-7-4-5-11-8(7)9/h4-5H,3,6H2,1-2H3. The van der Waals surface area contributed by atoms with E-state index in [2.05, 4.69) is 24.9 Å². The predicted molar refractivity (Wildman–Crippen MR) is 51.3 cm³/mol. The van der Waals surface area contributed by atoms with Crippen LogP contribution in [0.3, 0.4) is 0 Å². The van der Waals surface area contributed by atoms with Crippen molar-refractivity contribution in [3.05, 3.63) is 21.3 Å². The molecule has 0 aliphatic carbocycles. The average molecular weight is 190 g/mol. The Morgan fingerprint density at radius 1 is 1.64 bits per heavy atom. The third kappa shape index (κ3) is 2.47. The summed E-state index contributed by atoms with van der Waals surface area (Å²) in [7, 11) is 2.09. The molecule has 1 aromatic heterocycles. The van der Waals surface area contributed by atoms with Gasteiger partial charge in [-0.25, -0.2) is 0 Å². The van der Waals surface area contributed by atoms with Gasteiger partial charge >= 0.3 is 0 Å². The van der Waals surface area contributed by atoms with Gasteiger partial charge in [0.05, 0.1) is 4.34 Å². The van der Waals surface area contributed by atoms with Crippen molar-refractivity contribution in [2.75, 3.05) is 13.6 Å². The number of rotatable bonds is 3. The average Bonchev–Trinajstić information content (AvgIpc) is 2.37. The number of hydrogen-bond acceptors (Lipinski definition) is 2. The van der Waals surface area contributed by atoms with Gasteiger partial charge in [-0.2, -0.15) is 0 Å². The van der Waals surface area contributed by atoms with E-state index in [0.29, 0.717) is 0 Å². The molecule has 0 spiro atoms. The highest BCUT2D eigenvalue weighted by Gasteiger charge is 2.02. The maximum absolute atomic E-state index is 5.93. The first-order valence-corrected chi connectivity index (χ1v) is 4.90. The Balaban J connectivity index is 2.56. The minimum atomic E-state index is 0.922. The molecule has 0 atom stereocenters. The second kappa shape index (κ2) is 4.10. The topological polar surface area (TPSA) is 3.24 Å². The summed E-state index contributed by atoms with van der Waals surface area (Å²) in [6.07, 6.45) is 0. The van der Waals surface area contributed by atoms with Crippen LogP contribution in [0.25, 0.3) is 0 Å². The second-order valence-electron chi connectivity index (χ2n) is 2.55. The molecule has 1 aromatic rings. The molecule has 0 saturated heterocycles. The fourth-order valence-electron chi connectivity index (χ4n) is 0.835. The quantitative estimate of drug-likeness (QED) is 0.707. The lowest BCUT2D eigenvalue weighted by molar-refractivity contribution is 0.346. The molecule has 0 aromatic carbocycles. The minimum Gasteiger partial charge on any atom is -0.302 e. The molecule has 1 heterocycles. The van der Waals surface area contributed by atoms with Crippen molar-refractivity contribution < 1.29 is 0 Å². The fourth-order valence-corrected chi connectivity index (χ4v) is 1.75. The molecule has 1 rings (SSSR count). The molecule has 0 aliphatic heterocycles. The van der Waals surface area contributed by atoms with E-state index in [9.17, 15) is 0 Å². The van der Waals surface area contributed by atoms with Gasteiger partial charge in [0.1, 0.15) is 0 Å². The van der Waals surface area contributed by atoms with Crippen molar-refractivity contribution in [2.45, 2.75) is 13.5 Å². The van der Waals surface area contributed by atoms with E-state index >= 15 is 0 Å². The van der Waals surface area contributed by atoms with Crippen molar-refractivity contribution in [1.29, 1.82) is 0 Å². The van der Waals surface area contributed by atoms with Crippen molar-refractivity contribution in [3.8, 4) is 0 Å². The van der Waals surface area contributed by atoms with Crippen LogP contribution in [-0.2, 0) is 6.54 Å². The van der Waals surface area contributed by atoms with Gasteiger partial charge in [-0.3, -0.25) is 0 Å². The Morgan fingerprint density at radius 3 is 2.82 bits per heavy atom. The summed E-state index contributed by atoms with van der Waals surface area (Å²) in [6.45, 7) is 4.16.